The van der Waals surface area contributed by atoms with E-state index in [0.29, 0.717) is 11.1 Å². The molecule has 19 heavy (non-hydrogen) atoms. The van der Waals surface area contributed by atoms with Crippen LogP contribution in [0.5, 0.6) is 0 Å². The Hall–Kier alpha value is -1.40. The highest BCUT2D eigenvalue weighted by Crippen LogP contribution is 2.27. The minimum Gasteiger partial charge on any atom is -0.416 e. The van der Waals surface area contributed by atoms with E-state index in [1.165, 1.54) is 17.3 Å². The number of aromatic nitrogens is 3. The summed E-state index contributed by atoms with van der Waals surface area (Å²) < 4.78 is 5.34. The van der Waals surface area contributed by atoms with Crippen molar-refractivity contribution in [1.82, 2.24) is 20.5 Å². The van der Waals surface area contributed by atoms with Gasteiger partial charge in [0.05, 0.1) is 0 Å². The first-order chi connectivity index (χ1) is 9.19. The highest BCUT2D eigenvalue weighted by Gasteiger charge is 2.09. The van der Waals surface area contributed by atoms with E-state index in [2.05, 4.69) is 33.5 Å². The molecule has 0 bridgehead atoms. The van der Waals surface area contributed by atoms with Gasteiger partial charge in [-0.15, -0.1) is 10.2 Å². The minimum atomic E-state index is 0.532. The van der Waals surface area contributed by atoms with E-state index in [-0.39, 0.29) is 0 Å². The Balaban J connectivity index is 2.02. The largest absolute Gasteiger partial charge is 0.416 e. The lowest BCUT2D eigenvalue weighted by atomic mass is 10.2. The summed E-state index contributed by atoms with van der Waals surface area (Å²) in [5.74, 6) is 0.570. The highest BCUT2D eigenvalue weighted by atomic mass is 32.2. The lowest BCUT2D eigenvalue weighted by molar-refractivity contribution is 0.429. The van der Waals surface area contributed by atoms with Crippen molar-refractivity contribution in [2.24, 2.45) is 0 Å². The molecule has 2 heterocycles. The standard InChI is InChI=1S/C13H18N4OS/c1-4-5-14-7-11-6-9(2)12(15-8-11)19-13-17-16-10(3)18-13/h6,8,14H,4-5,7H2,1-3H3. The zero-order chi connectivity index (χ0) is 13.7. The molecule has 0 radical (unpaired) electrons. The number of hydrogen-bond acceptors (Lipinski definition) is 6. The van der Waals surface area contributed by atoms with E-state index in [1.54, 1.807) is 6.92 Å². The Morgan fingerprint density at radius 1 is 1.32 bits per heavy atom. The van der Waals surface area contributed by atoms with Crippen molar-refractivity contribution in [3.05, 3.63) is 29.3 Å². The Morgan fingerprint density at radius 3 is 2.79 bits per heavy atom. The van der Waals surface area contributed by atoms with E-state index in [1.807, 2.05) is 13.1 Å². The monoisotopic (exact) mass is 278 g/mol. The van der Waals surface area contributed by atoms with Gasteiger partial charge in [0.2, 0.25) is 5.89 Å². The SMILES string of the molecule is CCCNCc1cnc(Sc2nnc(C)o2)c(C)c1. The maximum Gasteiger partial charge on any atom is 0.282 e. The van der Waals surface area contributed by atoms with Crippen LogP contribution in [0.25, 0.3) is 0 Å². The lowest BCUT2D eigenvalue weighted by Gasteiger charge is -2.06. The van der Waals surface area contributed by atoms with E-state index in [4.69, 9.17) is 4.42 Å². The molecule has 0 unspecified atom stereocenters. The maximum absolute atomic E-state index is 5.34. The fourth-order valence-electron chi connectivity index (χ4n) is 1.64. The van der Waals surface area contributed by atoms with Crippen LogP contribution in [0.4, 0.5) is 0 Å². The zero-order valence-corrected chi connectivity index (χ0v) is 12.3. The quantitative estimate of drug-likeness (QED) is 0.820. The second kappa shape index (κ2) is 6.68. The Morgan fingerprint density at radius 2 is 2.16 bits per heavy atom. The third-order valence-corrected chi connectivity index (χ3v) is 3.49. The predicted octanol–water partition coefficient (Wildman–Crippen LogP) is 2.73. The number of hydrogen-bond donors (Lipinski definition) is 1. The Kier molecular flexibility index (Phi) is 4.93. The van der Waals surface area contributed by atoms with Gasteiger partial charge < -0.3 is 9.73 Å². The molecule has 1 N–H and O–H groups in total. The first-order valence-corrected chi connectivity index (χ1v) is 7.15. The van der Waals surface area contributed by atoms with Crippen molar-refractivity contribution in [3.63, 3.8) is 0 Å². The van der Waals surface area contributed by atoms with Gasteiger partial charge in [-0.05, 0) is 42.8 Å². The molecule has 2 rings (SSSR count). The average molecular weight is 278 g/mol. The number of pyridine rings is 1. The average Bonchev–Trinajstić information content (AvgIpc) is 2.79. The van der Waals surface area contributed by atoms with Gasteiger partial charge in [-0.3, -0.25) is 0 Å². The van der Waals surface area contributed by atoms with E-state index >= 15 is 0 Å². The summed E-state index contributed by atoms with van der Waals surface area (Å²) in [6.07, 6.45) is 3.03. The van der Waals surface area contributed by atoms with Crippen LogP contribution >= 0.6 is 11.8 Å². The summed E-state index contributed by atoms with van der Waals surface area (Å²) in [4.78, 5) is 4.46. The van der Waals surface area contributed by atoms with Gasteiger partial charge in [0, 0.05) is 19.7 Å². The van der Waals surface area contributed by atoms with Crippen LogP contribution in [0, 0.1) is 13.8 Å². The molecule has 0 saturated carbocycles. The van der Waals surface area contributed by atoms with Crippen LogP contribution in [0.15, 0.2) is 26.9 Å². The molecule has 0 aliphatic heterocycles. The number of aryl methyl sites for hydroxylation is 2. The first kappa shape index (κ1) is 14.0. The number of nitrogens with one attached hydrogen (secondary N) is 1. The smallest absolute Gasteiger partial charge is 0.282 e. The van der Waals surface area contributed by atoms with Crippen LogP contribution in [-0.2, 0) is 6.54 Å². The van der Waals surface area contributed by atoms with Gasteiger partial charge in [-0.2, -0.15) is 0 Å². The van der Waals surface area contributed by atoms with Gasteiger partial charge in [0.1, 0.15) is 5.03 Å². The second-order valence-corrected chi connectivity index (χ2v) is 5.27. The van der Waals surface area contributed by atoms with Crippen molar-refractivity contribution in [3.8, 4) is 0 Å². The topological polar surface area (TPSA) is 63.8 Å². The molecule has 0 amide bonds. The maximum atomic E-state index is 5.34. The summed E-state index contributed by atoms with van der Waals surface area (Å²) >= 11 is 1.40. The van der Waals surface area contributed by atoms with Crippen molar-refractivity contribution in [1.29, 1.82) is 0 Å². The minimum absolute atomic E-state index is 0.532. The molecule has 6 heteroatoms. The normalized spacial score (nSPS) is 10.9. The molecule has 102 valence electrons. The van der Waals surface area contributed by atoms with Crippen molar-refractivity contribution < 1.29 is 4.42 Å². The molecular formula is C13H18N4OS. The fourth-order valence-corrected chi connectivity index (χ4v) is 2.37. The molecule has 2 aromatic rings. The molecule has 5 nitrogen and oxygen atoms in total. The molecule has 0 spiro atoms. The fraction of sp³-hybridized carbons (Fsp3) is 0.462. The third kappa shape index (κ3) is 4.04. The van der Waals surface area contributed by atoms with Crippen LogP contribution in [-0.4, -0.2) is 21.7 Å². The summed E-state index contributed by atoms with van der Waals surface area (Å²) in [5.41, 5.74) is 2.31. The molecule has 0 atom stereocenters. The molecule has 0 saturated heterocycles. The molecule has 0 aliphatic rings. The molecule has 0 fully saturated rings. The van der Waals surface area contributed by atoms with Crippen LogP contribution in [0.2, 0.25) is 0 Å². The zero-order valence-electron chi connectivity index (χ0n) is 11.4. The van der Waals surface area contributed by atoms with Gasteiger partial charge in [-0.1, -0.05) is 13.0 Å². The Labute approximate surface area is 117 Å². The van der Waals surface area contributed by atoms with Crippen molar-refractivity contribution in [2.75, 3.05) is 6.54 Å². The lowest BCUT2D eigenvalue weighted by Crippen LogP contribution is -2.14. The Bertz CT molecular complexity index is 541. The van der Waals surface area contributed by atoms with Crippen LogP contribution < -0.4 is 5.32 Å². The summed E-state index contributed by atoms with van der Waals surface area (Å²) in [6, 6.07) is 2.14. The summed E-state index contributed by atoms with van der Waals surface area (Å²) in [6.45, 7) is 7.85. The van der Waals surface area contributed by atoms with Gasteiger partial charge in [-0.25, -0.2) is 4.98 Å². The summed E-state index contributed by atoms with van der Waals surface area (Å²) in [7, 11) is 0. The molecule has 2 aromatic heterocycles. The summed E-state index contributed by atoms with van der Waals surface area (Å²) in [5, 5.41) is 12.6. The van der Waals surface area contributed by atoms with Crippen LogP contribution in [0.3, 0.4) is 0 Å². The number of nitrogens with zero attached hydrogens (tertiary/aromatic N) is 3. The van der Waals surface area contributed by atoms with Gasteiger partial charge in [0.15, 0.2) is 0 Å². The van der Waals surface area contributed by atoms with E-state index in [9.17, 15) is 0 Å². The van der Waals surface area contributed by atoms with Crippen molar-refractivity contribution >= 4 is 11.8 Å². The van der Waals surface area contributed by atoms with Gasteiger partial charge in [0.25, 0.3) is 5.22 Å². The van der Waals surface area contributed by atoms with E-state index < -0.39 is 0 Å². The van der Waals surface area contributed by atoms with Crippen molar-refractivity contribution in [2.45, 2.75) is 44.0 Å². The molecule has 0 aromatic carbocycles. The highest BCUT2D eigenvalue weighted by molar-refractivity contribution is 7.99. The van der Waals surface area contributed by atoms with Crippen LogP contribution in [0.1, 0.15) is 30.4 Å². The van der Waals surface area contributed by atoms with E-state index in [0.717, 1.165) is 30.1 Å². The molecule has 0 aliphatic carbocycles. The third-order valence-electron chi connectivity index (χ3n) is 2.53. The second-order valence-electron chi connectivity index (χ2n) is 4.33. The predicted molar refractivity (Wildman–Crippen MR) is 74.1 cm³/mol. The number of rotatable bonds is 6. The first-order valence-electron chi connectivity index (χ1n) is 6.33. The van der Waals surface area contributed by atoms with Gasteiger partial charge >= 0.3 is 0 Å². The molecular weight excluding hydrogens is 260 g/mol.